The van der Waals surface area contributed by atoms with Crippen LogP contribution in [0.25, 0.3) is 20.8 Å². The van der Waals surface area contributed by atoms with Gasteiger partial charge in [-0.3, -0.25) is 5.32 Å². The number of amides is 1. The SMILES string of the molecule is C#COC(=O)Nc1ccc(Cl)c(-c2nc3c(C)c(C(F)(F)F)ccc3s2)c1. The minimum atomic E-state index is -4.46. The molecule has 1 N–H and O–H groups in total. The van der Waals surface area contributed by atoms with Gasteiger partial charge in [-0.2, -0.15) is 13.2 Å². The van der Waals surface area contributed by atoms with Crippen LogP contribution in [0.4, 0.5) is 23.7 Å². The van der Waals surface area contributed by atoms with E-state index in [0.717, 1.165) is 6.07 Å². The number of anilines is 1. The Morgan fingerprint density at radius 3 is 2.74 bits per heavy atom. The van der Waals surface area contributed by atoms with Crippen molar-refractivity contribution in [2.24, 2.45) is 0 Å². The highest BCUT2D eigenvalue weighted by Crippen LogP contribution is 2.40. The summed E-state index contributed by atoms with van der Waals surface area (Å²) in [5.74, 6) is 0. The molecular weight excluding hydrogens is 401 g/mol. The first-order valence-corrected chi connectivity index (χ1v) is 8.61. The minimum absolute atomic E-state index is 0.0468. The number of terminal acetylenes is 1. The number of carbonyl (C=O) groups excluding carboxylic acids is 1. The van der Waals surface area contributed by atoms with Gasteiger partial charge in [0.15, 0.2) is 0 Å². The number of aromatic nitrogens is 1. The van der Waals surface area contributed by atoms with Crippen LogP contribution in [0, 0.1) is 19.5 Å². The average Bonchev–Trinajstić information content (AvgIpc) is 3.01. The Hall–Kier alpha value is -2.76. The first-order valence-electron chi connectivity index (χ1n) is 7.41. The maximum atomic E-state index is 13.1. The summed E-state index contributed by atoms with van der Waals surface area (Å²) in [4.78, 5) is 15.8. The van der Waals surface area contributed by atoms with E-state index in [1.165, 1.54) is 42.5 Å². The van der Waals surface area contributed by atoms with Crippen molar-refractivity contribution >= 4 is 44.9 Å². The molecule has 3 aromatic rings. The van der Waals surface area contributed by atoms with Crippen molar-refractivity contribution in [1.82, 2.24) is 4.98 Å². The van der Waals surface area contributed by atoms with Gasteiger partial charge >= 0.3 is 12.3 Å². The molecule has 9 heteroatoms. The average molecular weight is 411 g/mol. The number of alkyl halides is 3. The van der Waals surface area contributed by atoms with Gasteiger partial charge in [0.1, 0.15) is 11.1 Å². The molecule has 0 saturated heterocycles. The van der Waals surface area contributed by atoms with Gasteiger partial charge in [-0.15, -0.1) is 11.3 Å². The molecule has 0 radical (unpaired) electrons. The largest absolute Gasteiger partial charge is 0.425 e. The smallest absolute Gasteiger partial charge is 0.356 e. The highest BCUT2D eigenvalue weighted by Gasteiger charge is 2.33. The van der Waals surface area contributed by atoms with E-state index in [9.17, 15) is 18.0 Å². The monoisotopic (exact) mass is 410 g/mol. The van der Waals surface area contributed by atoms with Crippen molar-refractivity contribution in [1.29, 1.82) is 0 Å². The zero-order valence-electron chi connectivity index (χ0n) is 13.6. The van der Waals surface area contributed by atoms with Gasteiger partial charge in [0.25, 0.3) is 0 Å². The van der Waals surface area contributed by atoms with Crippen LogP contribution in [0.3, 0.4) is 0 Å². The Morgan fingerprint density at radius 1 is 1.33 bits per heavy atom. The van der Waals surface area contributed by atoms with E-state index in [-0.39, 0.29) is 11.1 Å². The summed E-state index contributed by atoms with van der Waals surface area (Å²) in [5, 5.41) is 3.17. The molecule has 0 fully saturated rings. The number of halogens is 4. The van der Waals surface area contributed by atoms with Crippen LogP contribution < -0.4 is 5.32 Å². The zero-order chi connectivity index (χ0) is 19.8. The fourth-order valence-electron chi connectivity index (χ4n) is 2.51. The number of hydrogen-bond acceptors (Lipinski definition) is 4. The predicted octanol–water partition coefficient (Wildman–Crippen LogP) is 6.08. The van der Waals surface area contributed by atoms with E-state index in [1.807, 2.05) is 0 Å². The molecule has 0 saturated carbocycles. The van der Waals surface area contributed by atoms with E-state index in [1.54, 1.807) is 6.11 Å². The lowest BCUT2D eigenvalue weighted by Gasteiger charge is -2.09. The summed E-state index contributed by atoms with van der Waals surface area (Å²) in [6, 6.07) is 7.02. The molecule has 1 heterocycles. The molecule has 1 aromatic heterocycles. The number of ether oxygens (including phenoxy) is 1. The molecule has 0 aliphatic carbocycles. The van der Waals surface area contributed by atoms with Crippen LogP contribution in [0.5, 0.6) is 0 Å². The number of fused-ring (bicyclic) bond motifs is 1. The van der Waals surface area contributed by atoms with Gasteiger partial charge < -0.3 is 4.74 Å². The first-order chi connectivity index (χ1) is 12.7. The van der Waals surface area contributed by atoms with Crippen LogP contribution in [-0.4, -0.2) is 11.1 Å². The lowest BCUT2D eigenvalue weighted by atomic mass is 10.1. The number of thiazole rings is 1. The highest BCUT2D eigenvalue weighted by atomic mass is 35.5. The number of hydrogen-bond donors (Lipinski definition) is 1. The Labute approximate surface area is 160 Å². The normalized spacial score (nSPS) is 11.3. The Bertz CT molecular complexity index is 1090. The van der Waals surface area contributed by atoms with Crippen molar-refractivity contribution in [3.8, 4) is 23.1 Å². The van der Waals surface area contributed by atoms with Gasteiger partial charge in [-0.1, -0.05) is 18.0 Å². The Kier molecular flexibility index (Phi) is 5.00. The van der Waals surface area contributed by atoms with Crippen molar-refractivity contribution in [2.75, 3.05) is 5.32 Å². The van der Waals surface area contributed by atoms with Gasteiger partial charge in [0.2, 0.25) is 0 Å². The van der Waals surface area contributed by atoms with E-state index >= 15 is 0 Å². The first kappa shape index (κ1) is 19.0. The van der Waals surface area contributed by atoms with E-state index in [2.05, 4.69) is 15.0 Å². The van der Waals surface area contributed by atoms with Crippen molar-refractivity contribution in [2.45, 2.75) is 13.1 Å². The second-order valence-electron chi connectivity index (χ2n) is 5.43. The van der Waals surface area contributed by atoms with Crippen LogP contribution >= 0.6 is 22.9 Å². The summed E-state index contributed by atoms with van der Waals surface area (Å²) in [7, 11) is 0. The van der Waals surface area contributed by atoms with Crippen LogP contribution in [-0.2, 0) is 10.9 Å². The summed E-state index contributed by atoms with van der Waals surface area (Å²) < 4.78 is 44.2. The van der Waals surface area contributed by atoms with E-state index in [4.69, 9.17) is 18.0 Å². The molecule has 0 bridgehead atoms. The lowest BCUT2D eigenvalue weighted by Crippen LogP contribution is -2.10. The second kappa shape index (κ2) is 7.10. The molecule has 0 atom stereocenters. The van der Waals surface area contributed by atoms with Gasteiger partial charge in [-0.05, 0) is 42.8 Å². The quantitative estimate of drug-likeness (QED) is 0.520. The fraction of sp³-hybridized carbons (Fsp3) is 0.111. The third-order valence-electron chi connectivity index (χ3n) is 3.71. The maximum absolute atomic E-state index is 13.1. The third-order valence-corrected chi connectivity index (χ3v) is 5.10. The maximum Gasteiger partial charge on any atom is 0.425 e. The molecule has 3 rings (SSSR count). The van der Waals surface area contributed by atoms with Crippen LogP contribution in [0.2, 0.25) is 5.02 Å². The summed E-state index contributed by atoms with van der Waals surface area (Å²) in [5.41, 5.74) is 0.382. The molecule has 0 aliphatic rings. The van der Waals surface area contributed by atoms with Gasteiger partial charge in [0, 0.05) is 11.3 Å². The predicted molar refractivity (Wildman–Crippen MR) is 98.7 cm³/mol. The van der Waals surface area contributed by atoms with Crippen LogP contribution in [0.15, 0.2) is 30.3 Å². The molecule has 0 unspecified atom stereocenters. The Balaban J connectivity index is 2.06. The summed E-state index contributed by atoms with van der Waals surface area (Å²) >= 11 is 7.41. The van der Waals surface area contributed by atoms with Crippen molar-refractivity contribution in [3.05, 3.63) is 46.5 Å². The highest BCUT2D eigenvalue weighted by molar-refractivity contribution is 7.21. The van der Waals surface area contributed by atoms with Crippen LogP contribution in [0.1, 0.15) is 11.1 Å². The van der Waals surface area contributed by atoms with E-state index in [0.29, 0.717) is 26.0 Å². The van der Waals surface area contributed by atoms with Crippen molar-refractivity contribution in [3.63, 3.8) is 0 Å². The molecule has 138 valence electrons. The number of benzene rings is 2. The van der Waals surface area contributed by atoms with Gasteiger partial charge in [0.05, 0.1) is 20.8 Å². The number of nitrogens with zero attached hydrogens (tertiary/aromatic N) is 1. The molecule has 1 amide bonds. The number of rotatable bonds is 2. The molecule has 27 heavy (non-hydrogen) atoms. The lowest BCUT2D eigenvalue weighted by molar-refractivity contribution is -0.137. The van der Waals surface area contributed by atoms with Crippen molar-refractivity contribution < 1.29 is 22.7 Å². The number of carbonyl (C=O) groups is 1. The number of aryl methyl sites for hydroxylation is 1. The molecule has 0 aliphatic heterocycles. The third kappa shape index (κ3) is 3.84. The molecule has 2 aromatic carbocycles. The second-order valence-corrected chi connectivity index (χ2v) is 6.87. The number of nitrogens with one attached hydrogen (secondary N) is 1. The van der Waals surface area contributed by atoms with E-state index < -0.39 is 17.8 Å². The standard InChI is InChI=1S/C18H10ClF3N2O2S/c1-3-26-17(25)23-10-4-6-13(19)11(8-10)16-24-15-9(2)12(18(20,21)22)5-7-14(15)27-16/h1,4-8H,2H3,(H,23,25). The fourth-order valence-corrected chi connectivity index (χ4v) is 3.83. The molecular formula is C18H10ClF3N2O2S. The molecule has 0 spiro atoms. The molecule has 4 nitrogen and oxygen atoms in total. The summed E-state index contributed by atoms with van der Waals surface area (Å²) in [6.45, 7) is 1.38. The minimum Gasteiger partial charge on any atom is -0.356 e. The van der Waals surface area contributed by atoms with Gasteiger partial charge in [-0.25, -0.2) is 9.78 Å². The Morgan fingerprint density at radius 2 is 2.07 bits per heavy atom. The zero-order valence-corrected chi connectivity index (χ0v) is 15.2. The summed E-state index contributed by atoms with van der Waals surface area (Å²) in [6.07, 6.45) is 1.33. The topological polar surface area (TPSA) is 51.2 Å².